The minimum absolute atomic E-state index is 0.770. The first-order valence-corrected chi connectivity index (χ1v) is 5.94. The van der Waals surface area contributed by atoms with Crippen LogP contribution in [0.3, 0.4) is 0 Å². The van der Waals surface area contributed by atoms with Crippen LogP contribution in [-0.4, -0.2) is 11.0 Å². The maximum Gasteiger partial charge on any atom is 0.0372 e. The molecule has 82 valence electrons. The Hall–Kier alpha value is -0.890. The molecule has 0 spiro atoms. The summed E-state index contributed by atoms with van der Waals surface area (Å²) in [7, 11) is 0. The number of rotatable bonds is 5. The van der Waals surface area contributed by atoms with Crippen molar-refractivity contribution in [3.8, 4) is 0 Å². The third-order valence-corrected chi connectivity index (χ3v) is 3.12. The molecule has 0 radical (unpaired) electrons. The van der Waals surface area contributed by atoms with Crippen LogP contribution in [0.5, 0.6) is 0 Å². The van der Waals surface area contributed by atoms with Crippen molar-refractivity contribution in [1.82, 2.24) is 10.3 Å². The van der Waals surface area contributed by atoms with Crippen LogP contribution in [0.4, 0.5) is 0 Å². The van der Waals surface area contributed by atoms with E-state index < -0.39 is 0 Å². The molecule has 0 bridgehead atoms. The van der Waals surface area contributed by atoms with Crippen LogP contribution in [0.1, 0.15) is 37.4 Å². The van der Waals surface area contributed by atoms with E-state index in [1.807, 2.05) is 13.1 Å². The highest BCUT2D eigenvalue weighted by atomic mass is 15.0. The Kier molecular flexibility index (Phi) is 3.37. The first kappa shape index (κ1) is 10.6. The summed E-state index contributed by atoms with van der Waals surface area (Å²) in [5, 5.41) is 3.59. The number of pyridine rings is 1. The third kappa shape index (κ3) is 3.03. The van der Waals surface area contributed by atoms with Crippen molar-refractivity contribution in [2.45, 2.75) is 45.7 Å². The lowest BCUT2D eigenvalue weighted by Gasteiger charge is -2.04. The van der Waals surface area contributed by atoms with Crippen molar-refractivity contribution < 1.29 is 0 Å². The van der Waals surface area contributed by atoms with Gasteiger partial charge in [-0.25, -0.2) is 0 Å². The average Bonchev–Trinajstić information content (AvgIpc) is 2.97. The van der Waals surface area contributed by atoms with Gasteiger partial charge in [-0.15, -0.1) is 0 Å². The summed E-state index contributed by atoms with van der Waals surface area (Å²) in [5.74, 6) is 0.938. The van der Waals surface area contributed by atoms with Gasteiger partial charge in [0.1, 0.15) is 0 Å². The minimum atomic E-state index is 0.770. The van der Waals surface area contributed by atoms with Crippen molar-refractivity contribution in [2.24, 2.45) is 5.92 Å². The summed E-state index contributed by atoms with van der Waals surface area (Å²) in [5.41, 5.74) is 2.39. The van der Waals surface area contributed by atoms with E-state index in [1.54, 1.807) is 0 Å². The van der Waals surface area contributed by atoms with Crippen LogP contribution < -0.4 is 5.32 Å². The average molecular weight is 204 g/mol. The number of nitrogens with zero attached hydrogens (tertiary/aromatic N) is 1. The van der Waals surface area contributed by atoms with Gasteiger partial charge in [0.15, 0.2) is 0 Å². The summed E-state index contributed by atoms with van der Waals surface area (Å²) in [6.07, 6.45) is 6.03. The van der Waals surface area contributed by atoms with Gasteiger partial charge < -0.3 is 5.32 Å². The van der Waals surface area contributed by atoms with E-state index in [4.69, 9.17) is 0 Å². The highest BCUT2D eigenvalue weighted by Crippen LogP contribution is 2.34. The smallest absolute Gasteiger partial charge is 0.0372 e. The van der Waals surface area contributed by atoms with Crippen LogP contribution >= 0.6 is 0 Å². The third-order valence-electron chi connectivity index (χ3n) is 3.12. The quantitative estimate of drug-likeness (QED) is 0.797. The lowest BCUT2D eigenvalue weighted by Crippen LogP contribution is -2.17. The Balaban J connectivity index is 1.73. The molecule has 1 aliphatic carbocycles. The monoisotopic (exact) mass is 204 g/mol. The first-order chi connectivity index (χ1) is 7.29. The number of aromatic nitrogens is 1. The zero-order chi connectivity index (χ0) is 10.7. The normalized spacial score (nSPS) is 24.1. The van der Waals surface area contributed by atoms with E-state index in [-0.39, 0.29) is 0 Å². The molecule has 1 aliphatic rings. The van der Waals surface area contributed by atoms with E-state index in [1.165, 1.54) is 24.8 Å². The molecule has 0 aliphatic heterocycles. The molecule has 1 heterocycles. The first-order valence-electron chi connectivity index (χ1n) is 5.94. The van der Waals surface area contributed by atoms with Crippen molar-refractivity contribution in [1.29, 1.82) is 0 Å². The zero-order valence-corrected chi connectivity index (χ0v) is 9.66. The van der Waals surface area contributed by atoms with E-state index in [0.29, 0.717) is 0 Å². The molecule has 15 heavy (non-hydrogen) atoms. The molecule has 1 fully saturated rings. The predicted molar refractivity (Wildman–Crippen MR) is 62.6 cm³/mol. The Morgan fingerprint density at radius 1 is 1.47 bits per heavy atom. The van der Waals surface area contributed by atoms with Crippen molar-refractivity contribution in [2.75, 3.05) is 0 Å². The van der Waals surface area contributed by atoms with E-state index in [0.717, 1.165) is 24.2 Å². The fourth-order valence-corrected chi connectivity index (χ4v) is 2.04. The molecule has 1 aromatic heterocycles. The van der Waals surface area contributed by atoms with E-state index in [2.05, 4.69) is 29.4 Å². The minimum Gasteiger partial charge on any atom is -0.310 e. The summed E-state index contributed by atoms with van der Waals surface area (Å²) in [6, 6.07) is 5.01. The molecule has 2 nitrogen and oxygen atoms in total. The molecular weight excluding hydrogens is 184 g/mol. The van der Waals surface area contributed by atoms with Gasteiger partial charge in [0.2, 0.25) is 0 Å². The standard InChI is InChI=1S/C13H20N2/c1-3-4-12-7-13(12)15-9-11-6-5-10(2)14-8-11/h5-6,8,12-13,15H,3-4,7,9H2,1-2H3. The van der Waals surface area contributed by atoms with Gasteiger partial charge in [-0.3, -0.25) is 4.98 Å². The summed E-state index contributed by atoms with van der Waals surface area (Å²) < 4.78 is 0. The molecule has 1 N–H and O–H groups in total. The highest BCUT2D eigenvalue weighted by Gasteiger charge is 2.35. The molecule has 0 amide bonds. The van der Waals surface area contributed by atoms with Crippen molar-refractivity contribution >= 4 is 0 Å². The fourth-order valence-electron chi connectivity index (χ4n) is 2.04. The fraction of sp³-hybridized carbons (Fsp3) is 0.615. The summed E-state index contributed by atoms with van der Waals surface area (Å²) >= 11 is 0. The Morgan fingerprint density at radius 3 is 3.00 bits per heavy atom. The number of aryl methyl sites for hydroxylation is 1. The second-order valence-corrected chi connectivity index (χ2v) is 4.58. The van der Waals surface area contributed by atoms with Crippen LogP contribution in [0.2, 0.25) is 0 Å². The maximum absolute atomic E-state index is 4.29. The van der Waals surface area contributed by atoms with Gasteiger partial charge in [-0.2, -0.15) is 0 Å². The van der Waals surface area contributed by atoms with Gasteiger partial charge in [-0.1, -0.05) is 19.4 Å². The van der Waals surface area contributed by atoms with Gasteiger partial charge in [0, 0.05) is 24.5 Å². The topological polar surface area (TPSA) is 24.9 Å². The second kappa shape index (κ2) is 4.75. The SMILES string of the molecule is CCCC1CC1NCc1ccc(C)nc1. The Bertz CT molecular complexity index is 305. The molecule has 2 atom stereocenters. The molecule has 0 aromatic carbocycles. The van der Waals surface area contributed by atoms with Crippen molar-refractivity contribution in [3.05, 3.63) is 29.6 Å². The van der Waals surface area contributed by atoms with Crippen molar-refractivity contribution in [3.63, 3.8) is 0 Å². The highest BCUT2D eigenvalue weighted by molar-refractivity contribution is 5.13. The molecule has 1 aromatic rings. The molecule has 1 saturated carbocycles. The zero-order valence-electron chi connectivity index (χ0n) is 9.66. The van der Waals surface area contributed by atoms with Crippen LogP contribution in [0.25, 0.3) is 0 Å². The van der Waals surface area contributed by atoms with E-state index in [9.17, 15) is 0 Å². The molecule has 0 saturated heterocycles. The summed E-state index contributed by atoms with van der Waals surface area (Å²) in [6.45, 7) is 5.26. The van der Waals surface area contributed by atoms with Crippen LogP contribution in [0.15, 0.2) is 18.3 Å². The lowest BCUT2D eigenvalue weighted by atomic mass is 10.2. The van der Waals surface area contributed by atoms with Crippen LogP contribution in [0, 0.1) is 12.8 Å². The number of hydrogen-bond donors (Lipinski definition) is 1. The Morgan fingerprint density at radius 2 is 2.33 bits per heavy atom. The predicted octanol–water partition coefficient (Wildman–Crippen LogP) is 2.67. The number of nitrogens with one attached hydrogen (secondary N) is 1. The molecule has 2 heteroatoms. The van der Waals surface area contributed by atoms with E-state index >= 15 is 0 Å². The van der Waals surface area contributed by atoms with Gasteiger partial charge in [0.25, 0.3) is 0 Å². The lowest BCUT2D eigenvalue weighted by molar-refractivity contribution is 0.598. The van der Waals surface area contributed by atoms with Gasteiger partial charge in [0.05, 0.1) is 0 Å². The van der Waals surface area contributed by atoms with Gasteiger partial charge in [-0.05, 0) is 37.3 Å². The maximum atomic E-state index is 4.29. The van der Waals surface area contributed by atoms with Crippen LogP contribution in [-0.2, 0) is 6.54 Å². The molecular formula is C13H20N2. The van der Waals surface area contributed by atoms with Gasteiger partial charge >= 0.3 is 0 Å². The largest absolute Gasteiger partial charge is 0.310 e. The molecule has 2 unspecified atom stereocenters. The number of hydrogen-bond acceptors (Lipinski definition) is 2. The molecule has 2 rings (SSSR count). The summed E-state index contributed by atoms with van der Waals surface area (Å²) in [4.78, 5) is 4.29. The Labute approximate surface area is 92.1 Å². The second-order valence-electron chi connectivity index (χ2n) is 4.58.